The molecule has 0 radical (unpaired) electrons. The Morgan fingerprint density at radius 3 is 2.90 bits per heavy atom. The topological polar surface area (TPSA) is 44.4 Å². The number of carbonyl (C=O) groups is 1. The zero-order chi connectivity index (χ0) is 14.4. The molecular weight excluding hydrogens is 286 g/mol. The first kappa shape index (κ1) is 17.8. The van der Waals surface area contributed by atoms with Crippen LogP contribution in [0.1, 0.15) is 37.0 Å². The standard InChI is InChI=1S/C16H25N3O.ClH/c1-3-4-9-18-15-8-6-5-7-14(15)16(20)19-11-10-17-13(2)12-19;/h5-8,13,17-18H,3-4,9-12H2,1-2H3;1H/t13-;/m1./s1. The lowest BCUT2D eigenvalue weighted by Crippen LogP contribution is -2.51. The van der Waals surface area contributed by atoms with Gasteiger partial charge in [0.25, 0.3) is 5.91 Å². The molecule has 1 atom stereocenters. The lowest BCUT2D eigenvalue weighted by Gasteiger charge is -2.32. The van der Waals surface area contributed by atoms with Crippen LogP contribution in [0.15, 0.2) is 24.3 Å². The highest BCUT2D eigenvalue weighted by molar-refractivity contribution is 5.99. The number of rotatable bonds is 5. The van der Waals surface area contributed by atoms with E-state index in [0.29, 0.717) is 6.04 Å². The number of unbranched alkanes of at least 4 members (excludes halogenated alkanes) is 1. The maximum atomic E-state index is 12.7. The van der Waals surface area contributed by atoms with E-state index in [1.807, 2.05) is 29.2 Å². The SMILES string of the molecule is CCCCNc1ccccc1C(=O)N1CCN[C@H](C)C1.Cl. The molecule has 1 heterocycles. The summed E-state index contributed by atoms with van der Waals surface area (Å²) in [5.74, 6) is 0.137. The molecule has 1 aromatic rings. The summed E-state index contributed by atoms with van der Waals surface area (Å²) in [4.78, 5) is 14.6. The molecule has 1 aromatic carbocycles. The van der Waals surface area contributed by atoms with E-state index in [9.17, 15) is 4.79 Å². The van der Waals surface area contributed by atoms with Gasteiger partial charge in [-0.3, -0.25) is 4.79 Å². The Balaban J connectivity index is 0.00000220. The number of halogens is 1. The van der Waals surface area contributed by atoms with Crippen LogP contribution in [-0.4, -0.2) is 43.0 Å². The molecule has 1 saturated heterocycles. The zero-order valence-electron chi connectivity index (χ0n) is 12.9. The van der Waals surface area contributed by atoms with Crippen molar-refractivity contribution in [2.75, 3.05) is 31.5 Å². The maximum Gasteiger partial charge on any atom is 0.256 e. The minimum atomic E-state index is 0. The van der Waals surface area contributed by atoms with Gasteiger partial charge in [0.15, 0.2) is 0 Å². The van der Waals surface area contributed by atoms with Gasteiger partial charge in [-0.2, -0.15) is 0 Å². The first-order valence-corrected chi connectivity index (χ1v) is 7.58. The molecule has 1 amide bonds. The van der Waals surface area contributed by atoms with Crippen molar-refractivity contribution in [1.29, 1.82) is 0 Å². The highest BCUT2D eigenvalue weighted by Crippen LogP contribution is 2.18. The average molecular weight is 312 g/mol. The van der Waals surface area contributed by atoms with Crippen molar-refractivity contribution >= 4 is 24.0 Å². The average Bonchev–Trinajstić information content (AvgIpc) is 2.47. The number of nitrogens with one attached hydrogen (secondary N) is 2. The van der Waals surface area contributed by atoms with Crippen molar-refractivity contribution in [1.82, 2.24) is 10.2 Å². The molecule has 0 bridgehead atoms. The Bertz CT molecular complexity index is 453. The highest BCUT2D eigenvalue weighted by atomic mass is 35.5. The van der Waals surface area contributed by atoms with E-state index in [1.165, 1.54) is 0 Å². The van der Waals surface area contributed by atoms with Gasteiger partial charge >= 0.3 is 0 Å². The van der Waals surface area contributed by atoms with E-state index in [0.717, 1.165) is 50.3 Å². The fourth-order valence-electron chi connectivity index (χ4n) is 2.51. The number of piperazine rings is 1. The summed E-state index contributed by atoms with van der Waals surface area (Å²) in [6, 6.07) is 8.19. The second-order valence-corrected chi connectivity index (χ2v) is 5.43. The fraction of sp³-hybridized carbons (Fsp3) is 0.562. The number of hydrogen-bond donors (Lipinski definition) is 2. The van der Waals surface area contributed by atoms with Crippen LogP contribution in [0.2, 0.25) is 0 Å². The van der Waals surface area contributed by atoms with Crippen molar-refractivity contribution in [3.8, 4) is 0 Å². The molecule has 0 spiro atoms. The van der Waals surface area contributed by atoms with Crippen LogP contribution in [0.4, 0.5) is 5.69 Å². The van der Waals surface area contributed by atoms with Crippen molar-refractivity contribution in [3.05, 3.63) is 29.8 Å². The monoisotopic (exact) mass is 311 g/mol. The molecule has 0 aliphatic carbocycles. The molecule has 1 aliphatic heterocycles. The molecule has 2 N–H and O–H groups in total. The Hall–Kier alpha value is -1.26. The van der Waals surface area contributed by atoms with Gasteiger partial charge in [-0.05, 0) is 25.5 Å². The minimum absolute atomic E-state index is 0. The predicted molar refractivity (Wildman–Crippen MR) is 90.5 cm³/mol. The van der Waals surface area contributed by atoms with Crippen molar-refractivity contribution < 1.29 is 4.79 Å². The second kappa shape index (κ2) is 8.90. The number of nitrogens with zero attached hydrogens (tertiary/aromatic N) is 1. The van der Waals surface area contributed by atoms with Gasteiger partial charge in [0, 0.05) is 37.9 Å². The van der Waals surface area contributed by atoms with Gasteiger partial charge in [0.1, 0.15) is 0 Å². The third-order valence-corrected chi connectivity index (χ3v) is 3.66. The van der Waals surface area contributed by atoms with Gasteiger partial charge in [-0.15, -0.1) is 12.4 Å². The summed E-state index contributed by atoms with van der Waals surface area (Å²) in [6.45, 7) is 7.64. The molecule has 4 nitrogen and oxygen atoms in total. The summed E-state index contributed by atoms with van der Waals surface area (Å²) >= 11 is 0. The second-order valence-electron chi connectivity index (χ2n) is 5.43. The lowest BCUT2D eigenvalue weighted by molar-refractivity contribution is 0.0710. The molecule has 0 unspecified atom stereocenters. The molecular formula is C16H26ClN3O. The van der Waals surface area contributed by atoms with Gasteiger partial charge in [0.05, 0.1) is 5.56 Å². The normalized spacial score (nSPS) is 18.0. The van der Waals surface area contributed by atoms with E-state index in [-0.39, 0.29) is 18.3 Å². The van der Waals surface area contributed by atoms with Crippen molar-refractivity contribution in [3.63, 3.8) is 0 Å². The van der Waals surface area contributed by atoms with Crippen LogP contribution in [0.3, 0.4) is 0 Å². The van der Waals surface area contributed by atoms with Crippen LogP contribution < -0.4 is 10.6 Å². The Labute approximate surface area is 133 Å². The largest absolute Gasteiger partial charge is 0.384 e. The number of benzene rings is 1. The number of carbonyl (C=O) groups excluding carboxylic acids is 1. The zero-order valence-corrected chi connectivity index (χ0v) is 13.7. The number of amides is 1. The van der Waals surface area contributed by atoms with Crippen LogP contribution in [0.25, 0.3) is 0 Å². The lowest BCUT2D eigenvalue weighted by atomic mass is 10.1. The Morgan fingerprint density at radius 1 is 1.43 bits per heavy atom. The van der Waals surface area contributed by atoms with Crippen LogP contribution >= 0.6 is 12.4 Å². The van der Waals surface area contributed by atoms with E-state index in [4.69, 9.17) is 0 Å². The van der Waals surface area contributed by atoms with E-state index in [2.05, 4.69) is 24.5 Å². The molecule has 0 saturated carbocycles. The molecule has 0 aromatic heterocycles. The summed E-state index contributed by atoms with van der Waals surface area (Å²) in [6.07, 6.45) is 2.27. The molecule has 5 heteroatoms. The Morgan fingerprint density at radius 2 is 2.19 bits per heavy atom. The molecule has 1 fully saturated rings. The fourth-order valence-corrected chi connectivity index (χ4v) is 2.51. The van der Waals surface area contributed by atoms with Crippen LogP contribution in [0, 0.1) is 0 Å². The van der Waals surface area contributed by atoms with E-state index < -0.39 is 0 Å². The molecule has 2 rings (SSSR count). The summed E-state index contributed by atoms with van der Waals surface area (Å²) in [5.41, 5.74) is 1.75. The third kappa shape index (κ3) is 4.90. The summed E-state index contributed by atoms with van der Waals surface area (Å²) < 4.78 is 0. The van der Waals surface area contributed by atoms with Gasteiger partial charge in [-0.1, -0.05) is 25.5 Å². The highest BCUT2D eigenvalue weighted by Gasteiger charge is 2.23. The third-order valence-electron chi connectivity index (χ3n) is 3.66. The first-order chi connectivity index (χ1) is 9.72. The van der Waals surface area contributed by atoms with Gasteiger partial charge in [0.2, 0.25) is 0 Å². The molecule has 1 aliphatic rings. The number of hydrogen-bond acceptors (Lipinski definition) is 3. The molecule has 118 valence electrons. The maximum absolute atomic E-state index is 12.7. The van der Waals surface area contributed by atoms with Gasteiger partial charge < -0.3 is 15.5 Å². The predicted octanol–water partition coefficient (Wildman–Crippen LogP) is 2.75. The number of anilines is 1. The summed E-state index contributed by atoms with van der Waals surface area (Å²) in [7, 11) is 0. The first-order valence-electron chi connectivity index (χ1n) is 7.58. The smallest absolute Gasteiger partial charge is 0.256 e. The van der Waals surface area contributed by atoms with Gasteiger partial charge in [-0.25, -0.2) is 0 Å². The van der Waals surface area contributed by atoms with E-state index >= 15 is 0 Å². The van der Waals surface area contributed by atoms with Crippen molar-refractivity contribution in [2.45, 2.75) is 32.7 Å². The summed E-state index contributed by atoms with van der Waals surface area (Å²) in [5, 5.41) is 6.75. The number of para-hydroxylation sites is 1. The Kier molecular flexibility index (Phi) is 7.54. The molecule has 21 heavy (non-hydrogen) atoms. The van der Waals surface area contributed by atoms with Crippen LogP contribution in [-0.2, 0) is 0 Å². The quantitative estimate of drug-likeness (QED) is 0.822. The van der Waals surface area contributed by atoms with Crippen molar-refractivity contribution in [2.24, 2.45) is 0 Å². The van der Waals surface area contributed by atoms with Crippen LogP contribution in [0.5, 0.6) is 0 Å². The van der Waals surface area contributed by atoms with E-state index in [1.54, 1.807) is 0 Å². The minimum Gasteiger partial charge on any atom is -0.384 e.